The fraction of sp³-hybridized carbons (Fsp3) is 0.550. The maximum atomic E-state index is 13.0. The molecule has 1 aliphatic heterocycles. The Balaban J connectivity index is 2.09. The molecule has 15 heteroatoms. The normalized spacial score (nSPS) is 17.7. The fourth-order valence-corrected chi connectivity index (χ4v) is 3.71. The Morgan fingerprint density at radius 2 is 1.89 bits per heavy atom. The number of nitrogens with two attached hydrogens (primary N) is 2. The molecule has 0 spiro atoms. The quantitative estimate of drug-likeness (QED) is 0.147. The second kappa shape index (κ2) is 12.5. The van der Waals surface area contributed by atoms with Crippen LogP contribution in [0.25, 0.3) is 0 Å². The lowest BCUT2D eigenvalue weighted by Crippen LogP contribution is -2.57. The summed E-state index contributed by atoms with van der Waals surface area (Å²) in [5.41, 5.74) is 11.7. The Kier molecular flexibility index (Phi) is 9.69. The Morgan fingerprint density at radius 1 is 1.17 bits per heavy atom. The highest BCUT2D eigenvalue weighted by Gasteiger charge is 2.38. The van der Waals surface area contributed by atoms with Crippen LogP contribution in [0.1, 0.15) is 37.8 Å². The van der Waals surface area contributed by atoms with Crippen LogP contribution in [-0.4, -0.2) is 91.4 Å². The van der Waals surface area contributed by atoms with Crippen molar-refractivity contribution in [2.75, 3.05) is 6.54 Å². The number of carbonyl (C=O) groups excluding carboxylic acids is 4. The van der Waals surface area contributed by atoms with Gasteiger partial charge in [0, 0.05) is 31.3 Å². The lowest BCUT2D eigenvalue weighted by molar-refractivity contribution is -0.144. The third-order valence-corrected chi connectivity index (χ3v) is 5.45. The Bertz CT molecular complexity index is 951. The molecule has 0 aliphatic carbocycles. The van der Waals surface area contributed by atoms with Gasteiger partial charge in [0.15, 0.2) is 0 Å². The molecule has 192 valence electrons. The van der Waals surface area contributed by atoms with Crippen molar-refractivity contribution in [3.63, 3.8) is 0 Å². The van der Waals surface area contributed by atoms with Gasteiger partial charge in [0.2, 0.25) is 23.6 Å². The minimum absolute atomic E-state index is 0.170. The molecule has 0 radical (unpaired) electrons. The summed E-state index contributed by atoms with van der Waals surface area (Å²) in [5.74, 6) is -5.94. The van der Waals surface area contributed by atoms with Crippen molar-refractivity contribution >= 4 is 35.6 Å². The Morgan fingerprint density at radius 3 is 2.46 bits per heavy atom. The molecule has 2 heterocycles. The number of carboxylic acid groups (broad SMARTS) is 2. The summed E-state index contributed by atoms with van der Waals surface area (Å²) in [7, 11) is 0. The highest BCUT2D eigenvalue weighted by Crippen LogP contribution is 2.19. The number of hydrogen-bond donors (Lipinski definition) is 7. The molecule has 2 rings (SSSR count). The van der Waals surface area contributed by atoms with Crippen molar-refractivity contribution in [3.8, 4) is 0 Å². The largest absolute Gasteiger partial charge is 0.481 e. The minimum Gasteiger partial charge on any atom is -0.481 e. The molecule has 1 aliphatic rings. The molecule has 1 saturated heterocycles. The van der Waals surface area contributed by atoms with Crippen LogP contribution in [0.5, 0.6) is 0 Å². The van der Waals surface area contributed by atoms with Crippen LogP contribution in [0.3, 0.4) is 0 Å². The van der Waals surface area contributed by atoms with E-state index in [0.717, 1.165) is 0 Å². The lowest BCUT2D eigenvalue weighted by atomic mass is 10.1. The van der Waals surface area contributed by atoms with Gasteiger partial charge in [-0.25, -0.2) is 9.78 Å². The highest BCUT2D eigenvalue weighted by atomic mass is 16.4. The van der Waals surface area contributed by atoms with Crippen molar-refractivity contribution < 1.29 is 39.0 Å². The number of carboxylic acids is 2. The summed E-state index contributed by atoms with van der Waals surface area (Å²) in [4.78, 5) is 79.9. The second-order valence-corrected chi connectivity index (χ2v) is 8.14. The SMILES string of the molecule is NC(=O)CC(NC(=O)C(CCC(=O)O)NC(=O)C1CCCN1C(=O)C(N)Cc1cnc[nH]1)C(=O)O. The first kappa shape index (κ1) is 27.2. The summed E-state index contributed by atoms with van der Waals surface area (Å²) in [6, 6.07) is -4.98. The van der Waals surface area contributed by atoms with Crippen molar-refractivity contribution in [3.05, 3.63) is 18.2 Å². The average molecular weight is 495 g/mol. The summed E-state index contributed by atoms with van der Waals surface area (Å²) in [6.07, 6.45) is 2.38. The van der Waals surface area contributed by atoms with Gasteiger partial charge in [0.25, 0.3) is 0 Å². The number of aromatic nitrogens is 2. The second-order valence-electron chi connectivity index (χ2n) is 8.14. The first-order valence-corrected chi connectivity index (χ1v) is 10.9. The standard InChI is InChI=1S/C20H29N7O8/c21-11(6-10-8-23-9-24-10)19(33)27-5-1-2-14(27)18(32)25-12(3-4-16(29)30)17(31)26-13(20(34)35)7-15(22)28/h8-9,11-14H,1-7,21H2,(H2,22,28)(H,23,24)(H,25,32)(H,26,31)(H,29,30)(H,34,35). The fourth-order valence-electron chi connectivity index (χ4n) is 3.71. The monoisotopic (exact) mass is 495 g/mol. The van der Waals surface area contributed by atoms with E-state index in [1.54, 1.807) is 0 Å². The molecule has 4 unspecified atom stereocenters. The van der Waals surface area contributed by atoms with E-state index in [0.29, 0.717) is 18.5 Å². The van der Waals surface area contributed by atoms with Crippen LogP contribution in [0.2, 0.25) is 0 Å². The number of hydrogen-bond acceptors (Lipinski definition) is 8. The molecule has 4 amide bonds. The number of amides is 4. The first-order valence-electron chi connectivity index (χ1n) is 10.9. The molecule has 0 aromatic carbocycles. The van der Waals surface area contributed by atoms with E-state index in [-0.39, 0.29) is 19.4 Å². The molecular formula is C20H29N7O8. The van der Waals surface area contributed by atoms with Gasteiger partial charge in [-0.2, -0.15) is 0 Å². The van der Waals surface area contributed by atoms with Gasteiger partial charge in [-0.3, -0.25) is 24.0 Å². The zero-order chi connectivity index (χ0) is 26.1. The molecule has 1 aromatic heterocycles. The van der Waals surface area contributed by atoms with Gasteiger partial charge in [-0.05, 0) is 19.3 Å². The number of nitrogens with zero attached hydrogens (tertiary/aromatic N) is 2. The Labute approximate surface area is 199 Å². The molecule has 4 atom stereocenters. The number of carbonyl (C=O) groups is 6. The molecule has 0 bridgehead atoms. The molecular weight excluding hydrogens is 466 g/mol. The van der Waals surface area contributed by atoms with Crippen LogP contribution in [0.15, 0.2) is 12.5 Å². The lowest BCUT2D eigenvalue weighted by Gasteiger charge is -2.28. The van der Waals surface area contributed by atoms with Gasteiger partial charge in [-0.15, -0.1) is 0 Å². The number of nitrogens with one attached hydrogen (secondary N) is 3. The zero-order valence-electron chi connectivity index (χ0n) is 18.8. The van der Waals surface area contributed by atoms with E-state index < -0.39 is 72.6 Å². The predicted octanol–water partition coefficient (Wildman–Crippen LogP) is -2.94. The maximum Gasteiger partial charge on any atom is 0.326 e. The average Bonchev–Trinajstić information content (AvgIpc) is 3.46. The van der Waals surface area contributed by atoms with E-state index in [1.165, 1.54) is 17.4 Å². The number of primary amides is 1. The van der Waals surface area contributed by atoms with Gasteiger partial charge < -0.3 is 42.2 Å². The predicted molar refractivity (Wildman–Crippen MR) is 117 cm³/mol. The smallest absolute Gasteiger partial charge is 0.326 e. The van der Waals surface area contributed by atoms with Crippen molar-refractivity contribution in [2.45, 2.75) is 62.7 Å². The van der Waals surface area contributed by atoms with E-state index in [2.05, 4.69) is 20.6 Å². The van der Waals surface area contributed by atoms with Crippen LogP contribution < -0.4 is 22.1 Å². The van der Waals surface area contributed by atoms with Crippen LogP contribution >= 0.6 is 0 Å². The number of rotatable bonds is 13. The van der Waals surface area contributed by atoms with Crippen LogP contribution in [0, 0.1) is 0 Å². The molecule has 9 N–H and O–H groups in total. The van der Waals surface area contributed by atoms with Gasteiger partial charge in [0.1, 0.15) is 18.1 Å². The summed E-state index contributed by atoms with van der Waals surface area (Å²) < 4.78 is 0. The number of aliphatic carboxylic acids is 2. The molecule has 1 aromatic rings. The van der Waals surface area contributed by atoms with E-state index in [9.17, 15) is 33.9 Å². The third-order valence-electron chi connectivity index (χ3n) is 5.45. The zero-order valence-corrected chi connectivity index (χ0v) is 18.8. The first-order chi connectivity index (χ1) is 16.5. The van der Waals surface area contributed by atoms with Crippen molar-refractivity contribution in [2.24, 2.45) is 11.5 Å². The van der Waals surface area contributed by atoms with Gasteiger partial charge in [-0.1, -0.05) is 0 Å². The molecule has 1 fully saturated rings. The number of likely N-dealkylation sites (tertiary alicyclic amines) is 1. The Hall–Kier alpha value is -4.01. The maximum absolute atomic E-state index is 13.0. The van der Waals surface area contributed by atoms with Gasteiger partial charge >= 0.3 is 11.9 Å². The van der Waals surface area contributed by atoms with Crippen LogP contribution in [0.4, 0.5) is 0 Å². The van der Waals surface area contributed by atoms with Crippen LogP contribution in [-0.2, 0) is 35.2 Å². The van der Waals surface area contributed by atoms with E-state index in [4.69, 9.17) is 16.6 Å². The molecule has 35 heavy (non-hydrogen) atoms. The third kappa shape index (κ3) is 8.06. The van der Waals surface area contributed by atoms with E-state index >= 15 is 0 Å². The van der Waals surface area contributed by atoms with E-state index in [1.807, 2.05) is 0 Å². The summed E-state index contributed by atoms with van der Waals surface area (Å²) >= 11 is 0. The summed E-state index contributed by atoms with van der Waals surface area (Å²) in [6.45, 7) is 0.263. The molecule has 0 saturated carbocycles. The summed E-state index contributed by atoms with van der Waals surface area (Å²) in [5, 5.41) is 22.7. The van der Waals surface area contributed by atoms with Crippen molar-refractivity contribution in [1.82, 2.24) is 25.5 Å². The number of aromatic amines is 1. The minimum atomic E-state index is -1.66. The van der Waals surface area contributed by atoms with Crippen molar-refractivity contribution in [1.29, 1.82) is 0 Å². The topological polar surface area (TPSA) is 251 Å². The number of H-pyrrole nitrogens is 1. The highest BCUT2D eigenvalue weighted by molar-refractivity contribution is 5.95. The molecule has 15 nitrogen and oxygen atoms in total. The number of imidazole rings is 1. The van der Waals surface area contributed by atoms with Gasteiger partial charge in [0.05, 0.1) is 18.8 Å².